The van der Waals surface area contributed by atoms with E-state index in [0.29, 0.717) is 6.04 Å². The van der Waals surface area contributed by atoms with E-state index in [0.717, 1.165) is 31.0 Å². The molecule has 116 valence electrons. The Morgan fingerprint density at radius 1 is 1.24 bits per heavy atom. The summed E-state index contributed by atoms with van der Waals surface area (Å²) < 4.78 is 26.5. The summed E-state index contributed by atoms with van der Waals surface area (Å²) in [4.78, 5) is 14.0. The van der Waals surface area contributed by atoms with Gasteiger partial charge in [0.15, 0.2) is 0 Å². The highest BCUT2D eigenvalue weighted by Gasteiger charge is 2.19. The molecule has 1 aliphatic carbocycles. The van der Waals surface area contributed by atoms with E-state index in [9.17, 15) is 13.6 Å². The molecule has 1 N–H and O–H groups in total. The molecule has 0 bridgehead atoms. The van der Waals surface area contributed by atoms with E-state index >= 15 is 0 Å². The number of hydrogen-bond acceptors (Lipinski definition) is 2. The van der Waals surface area contributed by atoms with Gasteiger partial charge in [-0.3, -0.25) is 9.69 Å². The quantitative estimate of drug-likeness (QED) is 0.862. The van der Waals surface area contributed by atoms with Gasteiger partial charge in [0.25, 0.3) is 0 Å². The molecule has 0 saturated heterocycles. The fraction of sp³-hybridized carbons (Fsp3) is 0.562. The zero-order valence-corrected chi connectivity index (χ0v) is 12.4. The molecule has 1 aromatic rings. The van der Waals surface area contributed by atoms with Crippen molar-refractivity contribution in [2.75, 3.05) is 18.9 Å². The molecule has 0 spiro atoms. The minimum atomic E-state index is -0.623. The summed E-state index contributed by atoms with van der Waals surface area (Å²) in [5, 5.41) is 2.44. The van der Waals surface area contributed by atoms with Crippen LogP contribution in [-0.4, -0.2) is 30.4 Å². The molecule has 0 heterocycles. The molecule has 21 heavy (non-hydrogen) atoms. The highest BCUT2D eigenvalue weighted by Crippen LogP contribution is 2.21. The summed E-state index contributed by atoms with van der Waals surface area (Å²) >= 11 is 0. The first kappa shape index (κ1) is 15.9. The molecule has 5 heteroatoms. The molecule has 1 aromatic carbocycles. The van der Waals surface area contributed by atoms with Gasteiger partial charge in [-0.2, -0.15) is 0 Å². The van der Waals surface area contributed by atoms with E-state index in [4.69, 9.17) is 0 Å². The molecule has 0 aliphatic heterocycles. The lowest BCUT2D eigenvalue weighted by Crippen LogP contribution is -2.37. The first-order valence-electron chi connectivity index (χ1n) is 7.51. The van der Waals surface area contributed by atoms with Crippen LogP contribution in [0.5, 0.6) is 0 Å². The third-order valence-electron chi connectivity index (χ3n) is 4.04. The van der Waals surface area contributed by atoms with Gasteiger partial charge in [-0.05, 0) is 32.0 Å². The Kier molecular flexibility index (Phi) is 5.67. The minimum absolute atomic E-state index is 0.103. The first-order valence-corrected chi connectivity index (χ1v) is 7.51. The lowest BCUT2D eigenvalue weighted by Gasteiger charge is -2.26. The van der Waals surface area contributed by atoms with Gasteiger partial charge >= 0.3 is 0 Å². The number of nitrogens with zero attached hydrogens (tertiary/aromatic N) is 1. The fourth-order valence-corrected chi connectivity index (χ4v) is 2.84. The topological polar surface area (TPSA) is 32.3 Å². The lowest BCUT2D eigenvalue weighted by atomic mass is 10.1. The van der Waals surface area contributed by atoms with Gasteiger partial charge in [-0.25, -0.2) is 8.78 Å². The van der Waals surface area contributed by atoms with Gasteiger partial charge in [0.05, 0.1) is 12.2 Å². The molecule has 0 atom stereocenters. The number of amides is 1. The Balaban J connectivity index is 1.89. The number of anilines is 1. The van der Waals surface area contributed by atoms with Crippen LogP contribution in [-0.2, 0) is 4.79 Å². The number of hydrogen-bond donors (Lipinski definition) is 1. The molecule has 1 saturated carbocycles. The van der Waals surface area contributed by atoms with Crippen LogP contribution in [0.15, 0.2) is 18.2 Å². The Labute approximate surface area is 124 Å². The number of halogens is 2. The Hall–Kier alpha value is -1.49. The van der Waals surface area contributed by atoms with Crippen LogP contribution in [0.2, 0.25) is 0 Å². The summed E-state index contributed by atoms with van der Waals surface area (Å²) in [6.07, 6.45) is 7.08. The van der Waals surface area contributed by atoms with Crippen molar-refractivity contribution in [2.45, 2.75) is 44.6 Å². The molecule has 1 amide bonds. The number of rotatable bonds is 4. The third-order valence-corrected chi connectivity index (χ3v) is 4.04. The molecular formula is C16H22F2N2O. The van der Waals surface area contributed by atoms with E-state index in [1.165, 1.54) is 25.7 Å². The summed E-state index contributed by atoms with van der Waals surface area (Å²) in [5.74, 6) is -1.50. The molecule has 3 nitrogen and oxygen atoms in total. The Morgan fingerprint density at radius 2 is 1.90 bits per heavy atom. The Bertz CT molecular complexity index is 485. The summed E-state index contributed by atoms with van der Waals surface area (Å²) in [6.45, 7) is 0.195. The van der Waals surface area contributed by atoms with Crippen molar-refractivity contribution in [2.24, 2.45) is 0 Å². The van der Waals surface area contributed by atoms with Crippen molar-refractivity contribution < 1.29 is 13.6 Å². The van der Waals surface area contributed by atoms with Crippen molar-refractivity contribution in [3.05, 3.63) is 29.8 Å². The number of likely N-dealkylation sites (N-methyl/N-ethyl adjacent to an activating group) is 1. The van der Waals surface area contributed by atoms with E-state index in [2.05, 4.69) is 5.32 Å². The number of carbonyl (C=O) groups is 1. The van der Waals surface area contributed by atoms with Gasteiger partial charge < -0.3 is 5.32 Å². The second-order valence-electron chi connectivity index (χ2n) is 5.73. The van der Waals surface area contributed by atoms with Gasteiger partial charge in [0, 0.05) is 12.1 Å². The van der Waals surface area contributed by atoms with Crippen LogP contribution in [0.1, 0.15) is 38.5 Å². The number of carbonyl (C=O) groups excluding carboxylic acids is 1. The van der Waals surface area contributed by atoms with Gasteiger partial charge in [-0.1, -0.05) is 25.7 Å². The highest BCUT2D eigenvalue weighted by atomic mass is 19.1. The summed E-state index contributed by atoms with van der Waals surface area (Å²) in [6, 6.07) is 3.44. The lowest BCUT2D eigenvalue weighted by molar-refractivity contribution is -0.117. The maximum Gasteiger partial charge on any atom is 0.238 e. The molecule has 1 fully saturated rings. The average molecular weight is 296 g/mol. The first-order chi connectivity index (χ1) is 10.1. The molecule has 2 rings (SSSR count). The molecule has 0 radical (unpaired) electrons. The molecule has 1 aliphatic rings. The van der Waals surface area contributed by atoms with E-state index in [1.807, 2.05) is 11.9 Å². The van der Waals surface area contributed by atoms with Crippen LogP contribution in [0.3, 0.4) is 0 Å². The van der Waals surface area contributed by atoms with Gasteiger partial charge in [0.1, 0.15) is 11.6 Å². The average Bonchev–Trinajstić information content (AvgIpc) is 2.72. The molecule has 0 unspecified atom stereocenters. The van der Waals surface area contributed by atoms with Crippen LogP contribution in [0.4, 0.5) is 14.5 Å². The molecule has 0 aromatic heterocycles. The van der Waals surface area contributed by atoms with Crippen LogP contribution in [0, 0.1) is 11.6 Å². The zero-order valence-electron chi connectivity index (χ0n) is 12.4. The van der Waals surface area contributed by atoms with Crippen LogP contribution in [0.25, 0.3) is 0 Å². The standard InChI is InChI=1S/C16H22F2N2O/c1-20(13-6-4-2-3-5-7-13)11-16(21)19-15-10-12(17)8-9-14(15)18/h8-10,13H,2-7,11H2,1H3,(H,19,21). The third kappa shape index (κ3) is 4.77. The summed E-state index contributed by atoms with van der Waals surface area (Å²) in [7, 11) is 1.91. The maximum atomic E-state index is 13.5. The normalized spacial score (nSPS) is 16.8. The SMILES string of the molecule is CN(CC(=O)Nc1cc(F)ccc1F)C1CCCCCC1. The van der Waals surface area contributed by atoms with Crippen molar-refractivity contribution in [3.8, 4) is 0 Å². The predicted octanol–water partition coefficient (Wildman–Crippen LogP) is 3.56. The highest BCUT2D eigenvalue weighted by molar-refractivity contribution is 5.92. The second kappa shape index (κ2) is 7.50. The van der Waals surface area contributed by atoms with Gasteiger partial charge in [0.2, 0.25) is 5.91 Å². The molecular weight excluding hydrogens is 274 g/mol. The van der Waals surface area contributed by atoms with E-state index < -0.39 is 11.6 Å². The maximum absolute atomic E-state index is 13.5. The predicted molar refractivity (Wildman–Crippen MR) is 79.1 cm³/mol. The van der Waals surface area contributed by atoms with E-state index in [1.54, 1.807) is 0 Å². The second-order valence-corrected chi connectivity index (χ2v) is 5.73. The van der Waals surface area contributed by atoms with Crippen LogP contribution < -0.4 is 5.32 Å². The van der Waals surface area contributed by atoms with Crippen LogP contribution >= 0.6 is 0 Å². The van der Waals surface area contributed by atoms with E-state index in [-0.39, 0.29) is 18.1 Å². The smallest absolute Gasteiger partial charge is 0.238 e. The van der Waals surface area contributed by atoms with Crippen molar-refractivity contribution in [3.63, 3.8) is 0 Å². The van der Waals surface area contributed by atoms with Crippen molar-refractivity contribution in [1.82, 2.24) is 4.90 Å². The van der Waals surface area contributed by atoms with Crippen molar-refractivity contribution >= 4 is 11.6 Å². The van der Waals surface area contributed by atoms with Crippen molar-refractivity contribution in [1.29, 1.82) is 0 Å². The number of nitrogens with one attached hydrogen (secondary N) is 1. The fourth-order valence-electron chi connectivity index (χ4n) is 2.84. The minimum Gasteiger partial charge on any atom is -0.322 e. The Morgan fingerprint density at radius 3 is 2.57 bits per heavy atom. The largest absolute Gasteiger partial charge is 0.322 e. The van der Waals surface area contributed by atoms with Gasteiger partial charge in [-0.15, -0.1) is 0 Å². The summed E-state index contributed by atoms with van der Waals surface area (Å²) in [5.41, 5.74) is -0.103. The zero-order chi connectivity index (χ0) is 15.2. The number of benzene rings is 1. The monoisotopic (exact) mass is 296 g/mol.